The van der Waals surface area contributed by atoms with Crippen LogP contribution in [0.3, 0.4) is 0 Å². The number of fused-ring (bicyclic) bond motifs is 1. The average Bonchev–Trinajstić information content (AvgIpc) is 2.72. The molecule has 1 heterocycles. The summed E-state index contributed by atoms with van der Waals surface area (Å²) in [5.74, 6) is -0.129. The summed E-state index contributed by atoms with van der Waals surface area (Å²) >= 11 is 0. The Hall–Kier alpha value is -2.73. The molecule has 2 aromatic rings. The second-order valence-electron chi connectivity index (χ2n) is 6.08. The van der Waals surface area contributed by atoms with Crippen molar-refractivity contribution in [3.05, 3.63) is 69.3 Å². The minimum absolute atomic E-state index is 0.0301. The van der Waals surface area contributed by atoms with E-state index in [1.807, 2.05) is 31.3 Å². The molecular formula is C18H19N3O3. The summed E-state index contributed by atoms with van der Waals surface area (Å²) in [6.45, 7) is 3.80. The number of carbonyl (C=O) groups is 1. The van der Waals surface area contributed by atoms with E-state index in [9.17, 15) is 14.9 Å². The molecule has 1 aliphatic rings. The number of likely N-dealkylation sites (N-methyl/N-ethyl adjacent to an activating group) is 1. The number of carbonyl (C=O) groups excluding carboxylic acids is 1. The Bertz CT molecular complexity index is 804. The van der Waals surface area contributed by atoms with Crippen LogP contribution in [0.2, 0.25) is 0 Å². The monoisotopic (exact) mass is 325 g/mol. The molecule has 3 rings (SSSR count). The Morgan fingerprint density at radius 1 is 1.17 bits per heavy atom. The summed E-state index contributed by atoms with van der Waals surface area (Å²) in [5, 5.41) is 11.0. The fraction of sp³-hybridized carbons (Fsp3) is 0.278. The minimum Gasteiger partial charge on any atom is -0.307 e. The fourth-order valence-electron chi connectivity index (χ4n) is 3.03. The molecule has 0 saturated carbocycles. The standard InChI is InChI=1S/C18H19N3O3/c1-13-11-14(7-8-16(13)21(23)24)18(22)20-10-9-19(2)12-15-5-3-4-6-17(15)20/h3-8,11H,9-10,12H2,1-2H3. The van der Waals surface area contributed by atoms with Crippen LogP contribution in [0, 0.1) is 17.0 Å². The van der Waals surface area contributed by atoms with E-state index in [0.29, 0.717) is 17.7 Å². The van der Waals surface area contributed by atoms with Gasteiger partial charge in [-0.15, -0.1) is 0 Å². The number of aryl methyl sites for hydroxylation is 1. The summed E-state index contributed by atoms with van der Waals surface area (Å²) in [4.78, 5) is 27.5. The topological polar surface area (TPSA) is 66.7 Å². The number of nitro benzene ring substituents is 1. The van der Waals surface area contributed by atoms with Crippen molar-refractivity contribution in [2.45, 2.75) is 13.5 Å². The number of amides is 1. The molecule has 0 unspecified atom stereocenters. The highest BCUT2D eigenvalue weighted by molar-refractivity contribution is 6.06. The van der Waals surface area contributed by atoms with Crippen molar-refractivity contribution < 1.29 is 9.72 Å². The number of benzene rings is 2. The molecule has 1 amide bonds. The third-order valence-electron chi connectivity index (χ3n) is 4.31. The quantitative estimate of drug-likeness (QED) is 0.629. The second kappa shape index (κ2) is 6.41. The molecule has 0 radical (unpaired) electrons. The van der Waals surface area contributed by atoms with Crippen molar-refractivity contribution in [2.24, 2.45) is 0 Å². The first-order valence-corrected chi connectivity index (χ1v) is 7.80. The van der Waals surface area contributed by atoms with Gasteiger partial charge in [0.15, 0.2) is 0 Å². The van der Waals surface area contributed by atoms with Gasteiger partial charge < -0.3 is 9.80 Å². The van der Waals surface area contributed by atoms with Gasteiger partial charge in [-0.25, -0.2) is 0 Å². The van der Waals surface area contributed by atoms with Gasteiger partial charge in [-0.05, 0) is 37.7 Å². The van der Waals surface area contributed by atoms with Crippen molar-refractivity contribution in [1.82, 2.24) is 4.90 Å². The van der Waals surface area contributed by atoms with Crippen molar-refractivity contribution >= 4 is 17.3 Å². The summed E-state index contributed by atoms with van der Waals surface area (Å²) < 4.78 is 0. The van der Waals surface area contributed by atoms with Gasteiger partial charge in [-0.1, -0.05) is 18.2 Å². The molecule has 0 aromatic heterocycles. The maximum absolute atomic E-state index is 13.0. The van der Waals surface area contributed by atoms with Crippen LogP contribution in [0.25, 0.3) is 0 Å². The van der Waals surface area contributed by atoms with Crippen LogP contribution in [-0.4, -0.2) is 35.9 Å². The lowest BCUT2D eigenvalue weighted by molar-refractivity contribution is -0.385. The van der Waals surface area contributed by atoms with Gasteiger partial charge in [0.2, 0.25) is 0 Å². The highest BCUT2D eigenvalue weighted by Gasteiger charge is 2.24. The zero-order valence-electron chi connectivity index (χ0n) is 13.7. The third kappa shape index (κ3) is 3.00. The summed E-state index contributed by atoms with van der Waals surface area (Å²) in [7, 11) is 2.03. The molecule has 0 fully saturated rings. The van der Waals surface area contributed by atoms with Gasteiger partial charge in [0.25, 0.3) is 11.6 Å². The average molecular weight is 325 g/mol. The third-order valence-corrected chi connectivity index (χ3v) is 4.31. The number of para-hydroxylation sites is 1. The first-order chi connectivity index (χ1) is 11.5. The molecule has 24 heavy (non-hydrogen) atoms. The molecule has 2 aromatic carbocycles. The van der Waals surface area contributed by atoms with Crippen LogP contribution < -0.4 is 4.90 Å². The van der Waals surface area contributed by atoms with E-state index in [1.165, 1.54) is 12.1 Å². The zero-order valence-corrected chi connectivity index (χ0v) is 13.7. The highest BCUT2D eigenvalue weighted by Crippen LogP contribution is 2.27. The first-order valence-electron chi connectivity index (χ1n) is 7.80. The molecule has 0 saturated heterocycles. The number of hydrogen-bond acceptors (Lipinski definition) is 4. The Morgan fingerprint density at radius 2 is 1.92 bits per heavy atom. The van der Waals surface area contributed by atoms with E-state index in [2.05, 4.69) is 4.90 Å². The van der Waals surface area contributed by atoms with E-state index < -0.39 is 4.92 Å². The van der Waals surface area contributed by atoms with E-state index >= 15 is 0 Å². The van der Waals surface area contributed by atoms with Crippen LogP contribution in [-0.2, 0) is 6.54 Å². The predicted octanol–water partition coefficient (Wildman–Crippen LogP) is 3.00. The molecule has 0 bridgehead atoms. The zero-order chi connectivity index (χ0) is 17.3. The van der Waals surface area contributed by atoms with E-state index in [0.717, 1.165) is 24.3 Å². The van der Waals surface area contributed by atoms with E-state index in [1.54, 1.807) is 17.9 Å². The molecule has 1 aliphatic heterocycles. The molecule has 6 heteroatoms. The molecule has 6 nitrogen and oxygen atoms in total. The van der Waals surface area contributed by atoms with Crippen LogP contribution in [0.1, 0.15) is 21.5 Å². The molecule has 0 atom stereocenters. The van der Waals surface area contributed by atoms with Crippen LogP contribution in [0.15, 0.2) is 42.5 Å². The minimum atomic E-state index is -0.431. The molecule has 0 spiro atoms. The summed E-state index contributed by atoms with van der Waals surface area (Å²) in [6.07, 6.45) is 0. The van der Waals surface area contributed by atoms with Gasteiger partial charge in [0, 0.05) is 42.5 Å². The smallest absolute Gasteiger partial charge is 0.272 e. The number of nitro groups is 1. The number of hydrogen-bond donors (Lipinski definition) is 0. The number of nitrogens with zero attached hydrogens (tertiary/aromatic N) is 3. The van der Waals surface area contributed by atoms with Gasteiger partial charge in [-0.3, -0.25) is 14.9 Å². The Balaban J connectivity index is 1.98. The molecule has 0 N–H and O–H groups in total. The lowest BCUT2D eigenvalue weighted by atomic mass is 10.1. The Labute approximate surface area is 140 Å². The van der Waals surface area contributed by atoms with Crippen molar-refractivity contribution in [3.63, 3.8) is 0 Å². The largest absolute Gasteiger partial charge is 0.307 e. The SMILES string of the molecule is Cc1cc(C(=O)N2CCN(C)Cc3ccccc32)ccc1[N+](=O)[O-]. The molecule has 0 aliphatic carbocycles. The number of rotatable bonds is 2. The predicted molar refractivity (Wildman–Crippen MR) is 92.3 cm³/mol. The lowest BCUT2D eigenvalue weighted by Crippen LogP contribution is -2.35. The van der Waals surface area contributed by atoms with Crippen molar-refractivity contribution in [2.75, 3.05) is 25.0 Å². The van der Waals surface area contributed by atoms with Crippen LogP contribution in [0.4, 0.5) is 11.4 Å². The van der Waals surface area contributed by atoms with Crippen LogP contribution >= 0.6 is 0 Å². The maximum Gasteiger partial charge on any atom is 0.272 e. The van der Waals surface area contributed by atoms with Crippen molar-refractivity contribution in [3.8, 4) is 0 Å². The van der Waals surface area contributed by atoms with Crippen molar-refractivity contribution in [1.29, 1.82) is 0 Å². The van der Waals surface area contributed by atoms with Crippen LogP contribution in [0.5, 0.6) is 0 Å². The van der Waals surface area contributed by atoms with E-state index in [-0.39, 0.29) is 11.6 Å². The van der Waals surface area contributed by atoms with Gasteiger partial charge in [-0.2, -0.15) is 0 Å². The normalized spacial score (nSPS) is 14.8. The Morgan fingerprint density at radius 3 is 2.62 bits per heavy atom. The molecular weight excluding hydrogens is 306 g/mol. The van der Waals surface area contributed by atoms with Gasteiger partial charge in [0.1, 0.15) is 0 Å². The number of anilines is 1. The van der Waals surface area contributed by atoms with E-state index in [4.69, 9.17) is 0 Å². The first kappa shape index (κ1) is 16.1. The van der Waals surface area contributed by atoms with Gasteiger partial charge >= 0.3 is 0 Å². The van der Waals surface area contributed by atoms with Gasteiger partial charge in [0.05, 0.1) is 4.92 Å². The summed E-state index contributed by atoms with van der Waals surface area (Å²) in [6, 6.07) is 12.4. The maximum atomic E-state index is 13.0. The summed E-state index contributed by atoms with van der Waals surface area (Å²) in [5.41, 5.74) is 3.00. The second-order valence-corrected chi connectivity index (χ2v) is 6.08. The molecule has 124 valence electrons. The Kier molecular flexibility index (Phi) is 4.31. The lowest BCUT2D eigenvalue weighted by Gasteiger charge is -2.23. The fourth-order valence-corrected chi connectivity index (χ4v) is 3.03. The highest BCUT2D eigenvalue weighted by atomic mass is 16.6.